The SMILES string of the molecule is CCCc1ccc(CCC(=O)NC[C@H](NC(=O)CCN2C(=O)c3cccc([N+](=O)[O-])c3C2=O)C(=O)NO)cc1. The fourth-order valence-electron chi connectivity index (χ4n) is 4.16. The molecule has 1 aliphatic rings. The summed E-state index contributed by atoms with van der Waals surface area (Å²) in [6, 6.07) is 10.3. The summed E-state index contributed by atoms with van der Waals surface area (Å²) in [6.45, 7) is 1.38. The normalized spacial score (nSPS) is 13.0. The lowest BCUT2D eigenvalue weighted by atomic mass is 10.0. The van der Waals surface area contributed by atoms with Crippen molar-refractivity contribution in [2.75, 3.05) is 13.1 Å². The van der Waals surface area contributed by atoms with Gasteiger partial charge in [-0.2, -0.15) is 0 Å². The number of hydroxylamine groups is 1. The average molecular weight is 540 g/mol. The molecule has 2 aromatic carbocycles. The third-order valence-electron chi connectivity index (χ3n) is 6.20. The van der Waals surface area contributed by atoms with Crippen molar-refractivity contribution in [2.24, 2.45) is 0 Å². The van der Waals surface area contributed by atoms with Gasteiger partial charge in [0, 0.05) is 32.0 Å². The van der Waals surface area contributed by atoms with Crippen molar-refractivity contribution in [3.8, 4) is 0 Å². The quantitative estimate of drug-likeness (QED) is 0.127. The molecule has 0 fully saturated rings. The number of nitro benzene ring substituents is 1. The Morgan fingerprint density at radius 2 is 1.64 bits per heavy atom. The number of hydrogen-bond acceptors (Lipinski definition) is 8. The maximum Gasteiger partial charge on any atom is 0.282 e. The van der Waals surface area contributed by atoms with Gasteiger partial charge in [0.15, 0.2) is 0 Å². The van der Waals surface area contributed by atoms with E-state index in [4.69, 9.17) is 5.21 Å². The van der Waals surface area contributed by atoms with Crippen LogP contribution >= 0.6 is 0 Å². The smallest absolute Gasteiger partial charge is 0.282 e. The number of aryl methyl sites for hydroxylation is 2. The first-order valence-corrected chi connectivity index (χ1v) is 12.4. The summed E-state index contributed by atoms with van der Waals surface area (Å²) >= 11 is 0. The topological polar surface area (TPSA) is 188 Å². The van der Waals surface area contributed by atoms with Gasteiger partial charge in [-0.1, -0.05) is 43.7 Å². The van der Waals surface area contributed by atoms with Crippen molar-refractivity contribution in [2.45, 2.75) is 45.1 Å². The molecular weight excluding hydrogens is 510 g/mol. The summed E-state index contributed by atoms with van der Waals surface area (Å²) in [5.41, 5.74) is 2.62. The van der Waals surface area contributed by atoms with E-state index in [-0.39, 0.29) is 30.0 Å². The van der Waals surface area contributed by atoms with Gasteiger partial charge in [-0.25, -0.2) is 5.48 Å². The van der Waals surface area contributed by atoms with Crippen LogP contribution in [0.25, 0.3) is 0 Å². The Morgan fingerprint density at radius 3 is 2.26 bits per heavy atom. The third-order valence-corrected chi connectivity index (χ3v) is 6.20. The first-order chi connectivity index (χ1) is 18.7. The van der Waals surface area contributed by atoms with Gasteiger partial charge in [0.05, 0.1) is 10.5 Å². The molecule has 1 atom stereocenters. The highest BCUT2D eigenvalue weighted by Gasteiger charge is 2.40. The molecular formula is C26H29N5O8. The third kappa shape index (κ3) is 7.23. The van der Waals surface area contributed by atoms with Crippen molar-refractivity contribution < 1.29 is 34.1 Å². The lowest BCUT2D eigenvalue weighted by molar-refractivity contribution is -0.385. The predicted octanol–water partition coefficient (Wildman–Crippen LogP) is 1.27. The van der Waals surface area contributed by atoms with E-state index in [0.717, 1.165) is 29.4 Å². The van der Waals surface area contributed by atoms with Crippen LogP contribution in [0.5, 0.6) is 0 Å². The van der Waals surface area contributed by atoms with Crippen LogP contribution in [0, 0.1) is 10.1 Å². The second kappa shape index (κ2) is 13.2. The molecule has 13 heteroatoms. The minimum atomic E-state index is -1.33. The molecule has 0 aliphatic carbocycles. The van der Waals surface area contributed by atoms with Crippen LogP contribution in [0.4, 0.5) is 5.69 Å². The number of carbonyl (C=O) groups is 5. The van der Waals surface area contributed by atoms with Gasteiger partial charge in [-0.3, -0.25) is 44.2 Å². The summed E-state index contributed by atoms with van der Waals surface area (Å²) in [5.74, 6) is -3.77. The van der Waals surface area contributed by atoms with Crippen molar-refractivity contribution in [3.63, 3.8) is 0 Å². The molecule has 0 aromatic heterocycles. The lowest BCUT2D eigenvalue weighted by Crippen LogP contribution is -2.52. The minimum absolute atomic E-state index is 0.133. The summed E-state index contributed by atoms with van der Waals surface area (Å²) in [5, 5.41) is 25.1. The Balaban J connectivity index is 1.51. The highest BCUT2D eigenvalue weighted by atomic mass is 16.6. The summed E-state index contributed by atoms with van der Waals surface area (Å²) in [7, 11) is 0. The van der Waals surface area contributed by atoms with E-state index in [2.05, 4.69) is 17.6 Å². The zero-order chi connectivity index (χ0) is 28.5. The van der Waals surface area contributed by atoms with E-state index in [9.17, 15) is 34.1 Å². The van der Waals surface area contributed by atoms with Crippen molar-refractivity contribution >= 4 is 35.2 Å². The first-order valence-electron chi connectivity index (χ1n) is 12.4. The molecule has 206 valence electrons. The zero-order valence-corrected chi connectivity index (χ0v) is 21.3. The number of carbonyl (C=O) groups excluding carboxylic acids is 5. The number of imide groups is 1. The minimum Gasteiger partial charge on any atom is -0.353 e. The van der Waals surface area contributed by atoms with Crippen LogP contribution in [0.1, 0.15) is 58.0 Å². The maximum atomic E-state index is 12.6. The maximum absolute atomic E-state index is 12.6. The fraction of sp³-hybridized carbons (Fsp3) is 0.346. The van der Waals surface area contributed by atoms with Crippen molar-refractivity contribution in [3.05, 3.63) is 74.8 Å². The van der Waals surface area contributed by atoms with E-state index < -0.39 is 53.2 Å². The summed E-state index contributed by atoms with van der Waals surface area (Å²) < 4.78 is 0. The van der Waals surface area contributed by atoms with Gasteiger partial charge in [0.25, 0.3) is 23.4 Å². The van der Waals surface area contributed by atoms with E-state index in [1.807, 2.05) is 24.3 Å². The molecule has 4 N–H and O–H groups in total. The molecule has 5 amide bonds. The lowest BCUT2D eigenvalue weighted by Gasteiger charge is -2.19. The number of nitro groups is 1. The predicted molar refractivity (Wildman–Crippen MR) is 137 cm³/mol. The van der Waals surface area contributed by atoms with Crippen LogP contribution in [-0.2, 0) is 27.2 Å². The van der Waals surface area contributed by atoms with E-state index in [1.54, 1.807) is 0 Å². The number of hydrogen-bond donors (Lipinski definition) is 4. The first kappa shape index (κ1) is 28.9. The Bertz CT molecular complexity index is 1280. The van der Waals surface area contributed by atoms with Crippen LogP contribution in [0.3, 0.4) is 0 Å². The van der Waals surface area contributed by atoms with Crippen LogP contribution in [0.2, 0.25) is 0 Å². The van der Waals surface area contributed by atoms with Crippen molar-refractivity contribution in [1.82, 2.24) is 21.0 Å². The molecule has 13 nitrogen and oxygen atoms in total. The largest absolute Gasteiger partial charge is 0.353 e. The number of fused-ring (bicyclic) bond motifs is 1. The van der Waals surface area contributed by atoms with Crippen LogP contribution in [0.15, 0.2) is 42.5 Å². The highest BCUT2D eigenvalue weighted by Crippen LogP contribution is 2.30. The molecule has 2 aromatic rings. The second-order valence-electron chi connectivity index (χ2n) is 8.94. The monoisotopic (exact) mass is 539 g/mol. The average Bonchev–Trinajstić information content (AvgIpc) is 3.17. The number of nitrogens with one attached hydrogen (secondary N) is 3. The van der Waals surface area contributed by atoms with Crippen LogP contribution < -0.4 is 16.1 Å². The Kier molecular flexibility index (Phi) is 9.81. The number of nitrogens with zero attached hydrogens (tertiary/aromatic N) is 2. The summed E-state index contributed by atoms with van der Waals surface area (Å²) in [6.07, 6.45) is 2.20. The number of benzene rings is 2. The summed E-state index contributed by atoms with van der Waals surface area (Å²) in [4.78, 5) is 73.2. The van der Waals surface area contributed by atoms with Crippen LogP contribution in [-0.4, -0.2) is 63.7 Å². The molecule has 0 spiro atoms. The number of rotatable bonds is 13. The molecule has 0 bridgehead atoms. The molecule has 1 heterocycles. The van der Waals surface area contributed by atoms with Gasteiger partial charge in [0.2, 0.25) is 11.8 Å². The molecule has 3 rings (SSSR count). The van der Waals surface area contributed by atoms with E-state index in [0.29, 0.717) is 6.42 Å². The Morgan fingerprint density at radius 1 is 0.974 bits per heavy atom. The Labute approximate surface area is 223 Å². The molecule has 0 radical (unpaired) electrons. The van der Waals surface area contributed by atoms with E-state index in [1.165, 1.54) is 23.2 Å². The van der Waals surface area contributed by atoms with Gasteiger partial charge in [-0.15, -0.1) is 0 Å². The van der Waals surface area contributed by atoms with Gasteiger partial charge < -0.3 is 10.6 Å². The zero-order valence-electron chi connectivity index (χ0n) is 21.3. The molecule has 0 saturated carbocycles. The van der Waals surface area contributed by atoms with Gasteiger partial charge >= 0.3 is 0 Å². The Hall–Kier alpha value is -4.65. The van der Waals surface area contributed by atoms with Gasteiger partial charge in [0.1, 0.15) is 11.6 Å². The van der Waals surface area contributed by atoms with E-state index >= 15 is 0 Å². The molecule has 0 unspecified atom stereocenters. The molecule has 1 aliphatic heterocycles. The fourth-order valence-corrected chi connectivity index (χ4v) is 4.16. The molecule has 39 heavy (non-hydrogen) atoms. The second-order valence-corrected chi connectivity index (χ2v) is 8.94. The molecule has 0 saturated heterocycles. The standard InChI is InChI=1S/C26H29N5O8/c1-2-4-16-7-9-17(10-8-16)11-12-21(32)27-15-19(24(34)29-37)28-22(33)13-14-30-25(35)18-5-3-6-20(31(38)39)23(18)26(30)36/h3,5-10,19,37H,2,4,11-15H2,1H3,(H,27,32)(H,28,33)(H,29,34)/t19-/m0/s1. The van der Waals surface area contributed by atoms with Gasteiger partial charge in [-0.05, 0) is 30.0 Å². The number of amides is 5. The van der Waals surface area contributed by atoms with Crippen molar-refractivity contribution in [1.29, 1.82) is 0 Å². The highest BCUT2D eigenvalue weighted by molar-refractivity contribution is 6.23.